The number of aromatic nitrogens is 1. The number of hydroxylamine groups is 1. The van der Waals surface area contributed by atoms with Crippen molar-refractivity contribution in [2.45, 2.75) is 12.8 Å². The zero-order valence-corrected chi connectivity index (χ0v) is 21.4. The van der Waals surface area contributed by atoms with Gasteiger partial charge in [-0.15, -0.1) is 4.28 Å². The van der Waals surface area contributed by atoms with Crippen LogP contribution in [0.3, 0.4) is 0 Å². The van der Waals surface area contributed by atoms with Crippen molar-refractivity contribution < 1.29 is 28.4 Å². The molecule has 0 atom stereocenters. The van der Waals surface area contributed by atoms with E-state index in [1.54, 1.807) is 17.6 Å². The Hall–Kier alpha value is -2.32. The molecule has 1 saturated heterocycles. The molecule has 3 aromatic rings. The minimum absolute atomic E-state index is 0. The third-order valence-electron chi connectivity index (χ3n) is 5.97. The molecule has 4 N–H and O–H groups in total. The quantitative estimate of drug-likeness (QED) is 0.458. The first-order chi connectivity index (χ1) is 15.8. The highest BCUT2D eigenvalue weighted by molar-refractivity contribution is 7.86. The summed E-state index contributed by atoms with van der Waals surface area (Å²) < 4.78 is 33.7. The maximum Gasteiger partial charge on any atom is 0.285 e. The molecule has 0 radical (unpaired) electrons. The lowest BCUT2D eigenvalue weighted by Gasteiger charge is -2.35. The van der Waals surface area contributed by atoms with Gasteiger partial charge in [0.2, 0.25) is 0 Å². The molecule has 3 heterocycles. The molecule has 0 spiro atoms. The van der Waals surface area contributed by atoms with Gasteiger partial charge in [0, 0.05) is 43.1 Å². The van der Waals surface area contributed by atoms with Gasteiger partial charge < -0.3 is 15.9 Å². The third kappa shape index (κ3) is 5.75. The van der Waals surface area contributed by atoms with E-state index in [2.05, 4.69) is 32.4 Å². The minimum Gasteiger partial charge on any atom is -0.412 e. The second-order valence-corrected chi connectivity index (χ2v) is 11.1. The number of hydrogen-bond acceptors (Lipinski definition) is 8. The predicted molar refractivity (Wildman–Crippen MR) is 138 cm³/mol. The molecule has 5 rings (SSSR count). The summed E-state index contributed by atoms with van der Waals surface area (Å²) in [5, 5.41) is 2.53. The molecular formula is C22H27ClN4O6S2. The van der Waals surface area contributed by atoms with E-state index < -0.39 is 16.0 Å². The number of carbonyl (C=O) groups excluding carboxylic acids is 1. The molecule has 1 fully saturated rings. The highest BCUT2D eigenvalue weighted by Crippen LogP contribution is 2.35. The van der Waals surface area contributed by atoms with Crippen LogP contribution in [0.25, 0.3) is 10.1 Å². The van der Waals surface area contributed by atoms with Gasteiger partial charge in [-0.05, 0) is 47.3 Å². The number of carbonyl (C=O) groups is 1. The molecule has 1 aromatic heterocycles. The van der Waals surface area contributed by atoms with Crippen LogP contribution in [0.2, 0.25) is 5.02 Å². The fraction of sp³-hybridized carbons (Fsp3) is 0.364. The van der Waals surface area contributed by atoms with Crippen molar-refractivity contribution in [2.24, 2.45) is 0 Å². The Labute approximate surface area is 212 Å². The van der Waals surface area contributed by atoms with Crippen molar-refractivity contribution in [3.8, 4) is 0 Å². The van der Waals surface area contributed by atoms with Gasteiger partial charge in [-0.1, -0.05) is 29.8 Å². The standard InChI is InChI=1S/C22H23ClN4O4S2.2H2O/c1-33(29,30)31-27-19-14-18(23)15(12-16(19)13-21(27)28)6-7-25-8-10-26(11-9-25)22-17-4-2-3-5-20(17)32-24-22;;/h2-5,12,14H,6-11,13H2,1H3;2*1H2. The van der Waals surface area contributed by atoms with Crippen molar-refractivity contribution in [2.75, 3.05) is 48.9 Å². The summed E-state index contributed by atoms with van der Waals surface area (Å²) in [6.07, 6.45) is 1.74. The number of piperazine rings is 1. The van der Waals surface area contributed by atoms with Gasteiger partial charge >= 0.3 is 0 Å². The van der Waals surface area contributed by atoms with E-state index in [1.165, 1.54) is 10.1 Å². The van der Waals surface area contributed by atoms with Gasteiger partial charge in [0.05, 0.1) is 23.1 Å². The highest BCUT2D eigenvalue weighted by Gasteiger charge is 2.32. The lowest BCUT2D eigenvalue weighted by atomic mass is 10.1. The number of nitrogens with zero attached hydrogens (tertiary/aromatic N) is 4. The van der Waals surface area contributed by atoms with Crippen LogP contribution in [-0.4, -0.2) is 73.5 Å². The van der Waals surface area contributed by atoms with Crippen LogP contribution in [0.15, 0.2) is 36.4 Å². The van der Waals surface area contributed by atoms with Crippen molar-refractivity contribution in [1.82, 2.24) is 9.27 Å². The number of rotatable bonds is 6. The molecular weight excluding hydrogens is 516 g/mol. The monoisotopic (exact) mass is 542 g/mol. The van der Waals surface area contributed by atoms with Crippen molar-refractivity contribution >= 4 is 60.8 Å². The van der Waals surface area contributed by atoms with E-state index in [1.807, 2.05) is 12.1 Å². The first kappa shape index (κ1) is 27.3. The van der Waals surface area contributed by atoms with Gasteiger partial charge in [-0.3, -0.25) is 9.69 Å². The molecule has 0 bridgehead atoms. The zero-order chi connectivity index (χ0) is 23.2. The maximum absolute atomic E-state index is 12.2. The molecule has 35 heavy (non-hydrogen) atoms. The lowest BCUT2D eigenvalue weighted by molar-refractivity contribution is -0.121. The smallest absolute Gasteiger partial charge is 0.285 e. The zero-order valence-electron chi connectivity index (χ0n) is 19.0. The van der Waals surface area contributed by atoms with Crippen LogP contribution < -0.4 is 9.96 Å². The second-order valence-electron chi connectivity index (χ2n) is 8.30. The average molecular weight is 543 g/mol. The second kappa shape index (κ2) is 10.7. The average Bonchev–Trinajstić information content (AvgIpc) is 3.33. The Bertz CT molecular complexity index is 1320. The number of hydrogen-bond donors (Lipinski definition) is 0. The topological polar surface area (TPSA) is 146 Å². The van der Waals surface area contributed by atoms with E-state index in [0.29, 0.717) is 10.7 Å². The van der Waals surface area contributed by atoms with E-state index in [4.69, 9.17) is 15.9 Å². The summed E-state index contributed by atoms with van der Waals surface area (Å²) in [5.41, 5.74) is 2.06. The van der Waals surface area contributed by atoms with E-state index in [-0.39, 0.29) is 17.4 Å². The third-order valence-corrected chi connectivity index (χ3v) is 7.56. The van der Waals surface area contributed by atoms with Crippen LogP contribution in [0.4, 0.5) is 11.5 Å². The minimum atomic E-state index is -3.82. The molecule has 2 aliphatic rings. The van der Waals surface area contributed by atoms with Gasteiger partial charge in [0.25, 0.3) is 16.0 Å². The number of anilines is 2. The SMILES string of the molecule is CS(=O)(=O)ON1C(=O)Cc2cc(CCN3CCN(c4nsc5ccccc45)CC3)c(Cl)cc21.O.O. The van der Waals surface area contributed by atoms with E-state index in [9.17, 15) is 13.2 Å². The largest absolute Gasteiger partial charge is 0.412 e. The summed E-state index contributed by atoms with van der Waals surface area (Å²) in [7, 11) is -3.82. The van der Waals surface area contributed by atoms with Crippen LogP contribution in [0.5, 0.6) is 0 Å². The molecule has 2 aliphatic heterocycles. The number of amides is 1. The first-order valence-electron chi connectivity index (χ1n) is 10.6. The summed E-state index contributed by atoms with van der Waals surface area (Å²) in [6, 6.07) is 11.8. The molecule has 0 unspecified atom stereocenters. The van der Waals surface area contributed by atoms with E-state index >= 15 is 0 Å². The first-order valence-corrected chi connectivity index (χ1v) is 13.6. The molecule has 10 nitrogen and oxygen atoms in total. The normalized spacial score (nSPS) is 16.2. The number of benzene rings is 2. The number of fused-ring (bicyclic) bond motifs is 2. The summed E-state index contributed by atoms with van der Waals surface area (Å²) >= 11 is 8.02. The van der Waals surface area contributed by atoms with Crippen LogP contribution in [-0.2, 0) is 32.0 Å². The van der Waals surface area contributed by atoms with Gasteiger partial charge in [0.15, 0.2) is 0 Å². The highest BCUT2D eigenvalue weighted by atomic mass is 35.5. The summed E-state index contributed by atoms with van der Waals surface area (Å²) in [5.74, 6) is 0.650. The van der Waals surface area contributed by atoms with Gasteiger partial charge in [0.1, 0.15) is 5.82 Å². The fourth-order valence-electron chi connectivity index (χ4n) is 4.33. The molecule has 2 aromatic carbocycles. The van der Waals surface area contributed by atoms with Crippen molar-refractivity contribution in [3.63, 3.8) is 0 Å². The molecule has 1 amide bonds. The lowest BCUT2D eigenvalue weighted by Crippen LogP contribution is -2.47. The Balaban J connectivity index is 0.00000171. The van der Waals surface area contributed by atoms with Crippen LogP contribution >= 0.6 is 23.1 Å². The molecule has 190 valence electrons. The van der Waals surface area contributed by atoms with Crippen molar-refractivity contribution in [1.29, 1.82) is 0 Å². The Morgan fingerprint density at radius 3 is 2.54 bits per heavy atom. The van der Waals surface area contributed by atoms with Gasteiger partial charge in [-0.2, -0.15) is 17.9 Å². The summed E-state index contributed by atoms with van der Waals surface area (Å²) in [6.45, 7) is 4.54. The molecule has 0 aliphatic carbocycles. The van der Waals surface area contributed by atoms with Crippen LogP contribution in [0.1, 0.15) is 11.1 Å². The Morgan fingerprint density at radius 1 is 1.11 bits per heavy atom. The van der Waals surface area contributed by atoms with E-state index in [0.717, 1.165) is 67.4 Å². The van der Waals surface area contributed by atoms with Crippen molar-refractivity contribution in [3.05, 3.63) is 52.5 Å². The fourth-order valence-corrected chi connectivity index (χ4v) is 5.81. The molecule has 0 saturated carbocycles. The summed E-state index contributed by atoms with van der Waals surface area (Å²) in [4.78, 5) is 17.0. The number of halogens is 1. The van der Waals surface area contributed by atoms with Gasteiger partial charge in [-0.25, -0.2) is 0 Å². The Morgan fingerprint density at radius 2 is 1.83 bits per heavy atom. The Kier molecular flexibility index (Phi) is 8.37. The predicted octanol–water partition coefficient (Wildman–Crippen LogP) is 1.45. The molecule has 13 heteroatoms. The maximum atomic E-state index is 12.2. The van der Waals surface area contributed by atoms with Crippen LogP contribution in [0, 0.1) is 0 Å².